The summed E-state index contributed by atoms with van der Waals surface area (Å²) >= 11 is 12.1. The van der Waals surface area contributed by atoms with Gasteiger partial charge in [0.05, 0.1) is 0 Å². The Labute approximate surface area is 134 Å². The van der Waals surface area contributed by atoms with Crippen molar-refractivity contribution in [2.45, 2.75) is 13.3 Å². The highest BCUT2D eigenvalue weighted by molar-refractivity contribution is 6.37. The molecule has 2 nitrogen and oxygen atoms in total. The molecule has 0 radical (unpaired) electrons. The Balaban J connectivity index is 2.09. The number of rotatable bonds is 4. The summed E-state index contributed by atoms with van der Waals surface area (Å²) in [6.07, 6.45) is 3.96. The van der Waals surface area contributed by atoms with Crippen LogP contribution in [0.1, 0.15) is 18.1 Å². The number of amides is 1. The van der Waals surface area contributed by atoms with Crippen LogP contribution in [0.15, 0.2) is 48.5 Å². The Morgan fingerprint density at radius 1 is 1.14 bits per heavy atom. The quantitative estimate of drug-likeness (QED) is 0.770. The first-order valence-corrected chi connectivity index (χ1v) is 7.37. The molecular weight excluding hydrogens is 305 g/mol. The van der Waals surface area contributed by atoms with Crippen molar-refractivity contribution in [3.63, 3.8) is 0 Å². The van der Waals surface area contributed by atoms with Gasteiger partial charge in [0, 0.05) is 27.4 Å². The summed E-state index contributed by atoms with van der Waals surface area (Å²) in [7, 11) is 0. The van der Waals surface area contributed by atoms with Crippen LogP contribution >= 0.6 is 23.2 Å². The Bertz CT molecular complexity index is 660. The van der Waals surface area contributed by atoms with Crippen LogP contribution in [0, 0.1) is 0 Å². The SMILES string of the molecule is CCc1cccc(NC(=O)C=Cc2c(Cl)cccc2Cl)c1. The van der Waals surface area contributed by atoms with Crippen molar-refractivity contribution in [3.05, 3.63) is 69.7 Å². The largest absolute Gasteiger partial charge is 0.323 e. The molecule has 1 amide bonds. The molecular formula is C17H15Cl2NO. The first-order chi connectivity index (χ1) is 10.1. The molecule has 21 heavy (non-hydrogen) atoms. The van der Waals surface area contributed by atoms with Gasteiger partial charge in [-0.2, -0.15) is 0 Å². The lowest BCUT2D eigenvalue weighted by atomic mass is 10.1. The third kappa shape index (κ3) is 4.35. The van der Waals surface area contributed by atoms with E-state index in [9.17, 15) is 4.79 Å². The minimum absolute atomic E-state index is 0.223. The molecule has 0 saturated carbocycles. The van der Waals surface area contributed by atoms with Crippen LogP contribution in [0.3, 0.4) is 0 Å². The van der Waals surface area contributed by atoms with E-state index < -0.39 is 0 Å². The fraction of sp³-hybridized carbons (Fsp3) is 0.118. The minimum Gasteiger partial charge on any atom is -0.323 e. The molecule has 2 rings (SSSR count). The summed E-state index contributed by atoms with van der Waals surface area (Å²) in [4.78, 5) is 11.9. The number of hydrogen-bond donors (Lipinski definition) is 1. The molecule has 2 aromatic carbocycles. The normalized spacial score (nSPS) is 10.8. The number of carbonyl (C=O) groups excluding carboxylic acids is 1. The zero-order chi connectivity index (χ0) is 15.2. The van der Waals surface area contributed by atoms with Gasteiger partial charge in [-0.05, 0) is 42.3 Å². The van der Waals surface area contributed by atoms with Crippen molar-refractivity contribution >= 4 is 40.9 Å². The fourth-order valence-electron chi connectivity index (χ4n) is 1.88. The second kappa shape index (κ2) is 7.30. The molecule has 0 aliphatic heterocycles. The van der Waals surface area contributed by atoms with Crippen LogP contribution in [-0.4, -0.2) is 5.91 Å². The molecule has 0 saturated heterocycles. The van der Waals surface area contributed by atoms with Crippen molar-refractivity contribution in [2.24, 2.45) is 0 Å². The fourth-order valence-corrected chi connectivity index (χ4v) is 2.41. The lowest BCUT2D eigenvalue weighted by molar-refractivity contribution is -0.111. The second-order valence-electron chi connectivity index (χ2n) is 4.51. The molecule has 4 heteroatoms. The summed E-state index contributed by atoms with van der Waals surface area (Å²) < 4.78 is 0. The van der Waals surface area contributed by atoms with Crippen LogP contribution in [-0.2, 0) is 11.2 Å². The number of halogens is 2. The molecule has 0 aliphatic rings. The Morgan fingerprint density at radius 3 is 2.48 bits per heavy atom. The zero-order valence-electron chi connectivity index (χ0n) is 11.6. The third-order valence-corrected chi connectivity index (χ3v) is 3.66. The van der Waals surface area contributed by atoms with Gasteiger partial charge in [0.1, 0.15) is 0 Å². The molecule has 0 heterocycles. The Kier molecular flexibility index (Phi) is 5.43. The molecule has 0 bridgehead atoms. The van der Waals surface area contributed by atoms with Gasteiger partial charge in [-0.25, -0.2) is 0 Å². The van der Waals surface area contributed by atoms with Gasteiger partial charge >= 0.3 is 0 Å². The first-order valence-electron chi connectivity index (χ1n) is 6.62. The van der Waals surface area contributed by atoms with E-state index in [1.54, 1.807) is 24.3 Å². The van der Waals surface area contributed by atoms with E-state index in [4.69, 9.17) is 23.2 Å². The third-order valence-electron chi connectivity index (χ3n) is 3.00. The van der Waals surface area contributed by atoms with Crippen molar-refractivity contribution in [1.29, 1.82) is 0 Å². The van der Waals surface area contributed by atoms with Crippen molar-refractivity contribution in [2.75, 3.05) is 5.32 Å². The average Bonchev–Trinajstić information content (AvgIpc) is 2.47. The van der Waals surface area contributed by atoms with Gasteiger partial charge < -0.3 is 5.32 Å². The van der Waals surface area contributed by atoms with Crippen molar-refractivity contribution in [1.82, 2.24) is 0 Å². The van der Waals surface area contributed by atoms with Crippen LogP contribution < -0.4 is 5.32 Å². The summed E-state index contributed by atoms with van der Waals surface area (Å²) in [6.45, 7) is 2.07. The van der Waals surface area contributed by atoms with Gasteiger partial charge in [0.2, 0.25) is 5.91 Å². The zero-order valence-corrected chi connectivity index (χ0v) is 13.1. The molecule has 0 spiro atoms. The van der Waals surface area contributed by atoms with Gasteiger partial charge in [-0.3, -0.25) is 4.79 Å². The van der Waals surface area contributed by atoms with E-state index in [0.29, 0.717) is 15.6 Å². The standard InChI is InChI=1S/C17H15Cl2NO/c1-2-12-5-3-6-13(11-12)20-17(21)10-9-14-15(18)7-4-8-16(14)19/h3-11H,2H2,1H3,(H,20,21). The molecule has 0 fully saturated rings. The number of hydrogen-bond acceptors (Lipinski definition) is 1. The maximum absolute atomic E-state index is 11.9. The van der Waals surface area contributed by atoms with Crippen LogP contribution in [0.4, 0.5) is 5.69 Å². The topological polar surface area (TPSA) is 29.1 Å². The van der Waals surface area contributed by atoms with E-state index in [0.717, 1.165) is 12.1 Å². The number of benzene rings is 2. The van der Waals surface area contributed by atoms with Crippen LogP contribution in [0.2, 0.25) is 10.0 Å². The van der Waals surface area contributed by atoms with Crippen LogP contribution in [0.5, 0.6) is 0 Å². The van der Waals surface area contributed by atoms with Crippen LogP contribution in [0.25, 0.3) is 6.08 Å². The van der Waals surface area contributed by atoms with Gasteiger partial charge in [-0.15, -0.1) is 0 Å². The second-order valence-corrected chi connectivity index (χ2v) is 5.33. The Hall–Kier alpha value is -1.77. The summed E-state index contributed by atoms with van der Waals surface area (Å²) in [6, 6.07) is 13.0. The number of anilines is 1. The number of aryl methyl sites for hydroxylation is 1. The monoisotopic (exact) mass is 319 g/mol. The smallest absolute Gasteiger partial charge is 0.248 e. The molecule has 0 atom stereocenters. The maximum Gasteiger partial charge on any atom is 0.248 e. The molecule has 2 aromatic rings. The molecule has 0 unspecified atom stereocenters. The van der Waals surface area contributed by atoms with Gasteiger partial charge in [0.15, 0.2) is 0 Å². The first kappa shape index (κ1) is 15.6. The predicted molar refractivity (Wildman–Crippen MR) is 89.9 cm³/mol. The van der Waals surface area contributed by atoms with E-state index in [-0.39, 0.29) is 5.91 Å². The summed E-state index contributed by atoms with van der Waals surface area (Å²) in [5.41, 5.74) is 2.58. The average molecular weight is 320 g/mol. The highest BCUT2D eigenvalue weighted by Crippen LogP contribution is 2.25. The van der Waals surface area contributed by atoms with Crippen molar-refractivity contribution in [3.8, 4) is 0 Å². The highest BCUT2D eigenvalue weighted by Gasteiger charge is 2.03. The molecule has 0 aliphatic carbocycles. The Morgan fingerprint density at radius 2 is 1.81 bits per heavy atom. The summed E-state index contributed by atoms with van der Waals surface area (Å²) in [5.74, 6) is -0.223. The lowest BCUT2D eigenvalue weighted by Crippen LogP contribution is -2.07. The molecule has 1 N–H and O–H groups in total. The van der Waals surface area contributed by atoms with Gasteiger partial charge in [-0.1, -0.05) is 48.3 Å². The van der Waals surface area contributed by atoms with E-state index in [2.05, 4.69) is 12.2 Å². The molecule has 0 aromatic heterocycles. The minimum atomic E-state index is -0.223. The van der Waals surface area contributed by atoms with E-state index >= 15 is 0 Å². The highest BCUT2D eigenvalue weighted by atomic mass is 35.5. The maximum atomic E-state index is 11.9. The van der Waals surface area contributed by atoms with E-state index in [1.807, 2.05) is 24.3 Å². The number of carbonyl (C=O) groups is 1. The lowest BCUT2D eigenvalue weighted by Gasteiger charge is -2.04. The molecule has 108 valence electrons. The predicted octanol–water partition coefficient (Wildman–Crippen LogP) is 5.21. The van der Waals surface area contributed by atoms with E-state index in [1.165, 1.54) is 11.6 Å². The summed E-state index contributed by atoms with van der Waals surface area (Å²) in [5, 5.41) is 3.84. The van der Waals surface area contributed by atoms with Crippen molar-refractivity contribution < 1.29 is 4.79 Å². The number of nitrogens with one attached hydrogen (secondary N) is 1. The van der Waals surface area contributed by atoms with Gasteiger partial charge in [0.25, 0.3) is 0 Å².